The quantitative estimate of drug-likeness (QED) is 0.100. The first-order valence-electron chi connectivity index (χ1n) is 15.5. The van der Waals surface area contributed by atoms with Crippen LogP contribution in [0.25, 0.3) is 22.2 Å². The number of halogens is 5. The van der Waals surface area contributed by atoms with Crippen LogP contribution in [0, 0.1) is 23.3 Å². The summed E-state index contributed by atoms with van der Waals surface area (Å²) in [7, 11) is 0. The molecule has 0 bridgehead atoms. The van der Waals surface area contributed by atoms with E-state index in [1.165, 1.54) is 25.1 Å². The van der Waals surface area contributed by atoms with Gasteiger partial charge in [-0.25, -0.2) is 27.3 Å². The molecule has 254 valence electrons. The van der Waals surface area contributed by atoms with E-state index in [-0.39, 0.29) is 75.0 Å². The van der Waals surface area contributed by atoms with Crippen molar-refractivity contribution in [1.29, 1.82) is 0 Å². The van der Waals surface area contributed by atoms with Crippen molar-refractivity contribution in [3.8, 4) is 22.6 Å². The van der Waals surface area contributed by atoms with Crippen molar-refractivity contribution in [3.05, 3.63) is 111 Å². The minimum atomic E-state index is -1.58. The van der Waals surface area contributed by atoms with Crippen molar-refractivity contribution >= 4 is 34.5 Å². The fraction of sp³-hybridized carbons (Fsp3) is 0.250. The molecular formula is C36H30ClF4N3O5. The maximum absolute atomic E-state index is 15.8. The second kappa shape index (κ2) is 13.4. The number of benzene rings is 4. The summed E-state index contributed by atoms with van der Waals surface area (Å²) >= 11 is 5.91. The summed E-state index contributed by atoms with van der Waals surface area (Å²) in [4.78, 5) is 27.0. The van der Waals surface area contributed by atoms with E-state index in [2.05, 4.69) is 4.98 Å². The lowest BCUT2D eigenvalue weighted by atomic mass is 10.00. The van der Waals surface area contributed by atoms with Gasteiger partial charge in [0.25, 0.3) is 5.79 Å². The predicted octanol–water partition coefficient (Wildman–Crippen LogP) is 8.28. The molecule has 1 aliphatic heterocycles. The monoisotopic (exact) mass is 695 g/mol. The van der Waals surface area contributed by atoms with Crippen LogP contribution in [0.2, 0.25) is 5.02 Å². The minimum Gasteiger partial charge on any atom is -0.478 e. The van der Waals surface area contributed by atoms with Gasteiger partial charge in [0.15, 0.2) is 17.3 Å². The van der Waals surface area contributed by atoms with E-state index in [4.69, 9.17) is 26.8 Å². The van der Waals surface area contributed by atoms with E-state index in [9.17, 15) is 19.1 Å². The topological polar surface area (TPSA) is 117 Å². The zero-order valence-electron chi connectivity index (χ0n) is 26.2. The number of rotatable bonds is 12. The smallest absolute Gasteiger partial charge is 0.335 e. The van der Waals surface area contributed by atoms with Gasteiger partial charge in [-0.15, -0.1) is 0 Å². The van der Waals surface area contributed by atoms with Crippen LogP contribution in [-0.4, -0.2) is 26.5 Å². The number of ether oxygens (including phenoxy) is 2. The summed E-state index contributed by atoms with van der Waals surface area (Å²) in [5.41, 5.74) is 5.13. The Balaban J connectivity index is 1.31. The fourth-order valence-corrected chi connectivity index (χ4v) is 6.23. The van der Waals surface area contributed by atoms with Crippen LogP contribution >= 0.6 is 11.6 Å². The lowest BCUT2D eigenvalue weighted by Gasteiger charge is -2.24. The molecule has 5 aromatic rings. The average molecular weight is 696 g/mol. The summed E-state index contributed by atoms with van der Waals surface area (Å²) in [6, 6.07) is 13.2. The summed E-state index contributed by atoms with van der Waals surface area (Å²) in [5, 5.41) is 9.70. The number of nitrogens with two attached hydrogens (primary N) is 1. The molecule has 13 heteroatoms. The summed E-state index contributed by atoms with van der Waals surface area (Å²) in [5.74, 6) is -6.13. The highest BCUT2D eigenvalue weighted by Crippen LogP contribution is 2.50. The molecule has 3 N–H and O–H groups in total. The zero-order valence-corrected chi connectivity index (χ0v) is 26.9. The van der Waals surface area contributed by atoms with Crippen LogP contribution in [-0.2, 0) is 23.5 Å². The summed E-state index contributed by atoms with van der Waals surface area (Å²) < 4.78 is 75.2. The van der Waals surface area contributed by atoms with Crippen molar-refractivity contribution < 1.29 is 41.7 Å². The van der Waals surface area contributed by atoms with Crippen molar-refractivity contribution in [2.24, 2.45) is 5.73 Å². The van der Waals surface area contributed by atoms with E-state index in [1.54, 1.807) is 22.8 Å². The molecule has 0 saturated heterocycles. The molecule has 0 radical (unpaired) electrons. The largest absolute Gasteiger partial charge is 0.478 e. The van der Waals surface area contributed by atoms with Gasteiger partial charge in [-0.2, -0.15) is 0 Å². The Morgan fingerprint density at radius 1 is 0.918 bits per heavy atom. The first kappa shape index (κ1) is 33.8. The second-order valence-electron chi connectivity index (χ2n) is 11.9. The maximum atomic E-state index is 15.8. The molecule has 1 aromatic heterocycles. The number of carbonyl (C=O) groups is 2. The van der Waals surface area contributed by atoms with Gasteiger partial charge in [0.05, 0.1) is 16.6 Å². The molecule has 4 aromatic carbocycles. The molecule has 1 aliphatic rings. The van der Waals surface area contributed by atoms with Crippen LogP contribution in [0.3, 0.4) is 0 Å². The number of unbranched alkanes of at least 4 members (excludes halogenated alkanes) is 3. The molecule has 6 rings (SSSR count). The standard InChI is InChI=1S/C36H30ClF4N3O5/c1-36(24-11-10-21(37)17-27(24)40)48-30-8-6-7-22(34(30)49-36)19-13-25(38)23(26(39)14-19)18-32-43-33-28(41)15-20(35(46)47)16-29(33)44(32)12-5-3-2-4-9-31(42)45/h6-8,10-11,13-17H,2-5,9,12,18H2,1H3,(H2,42,45)(H,46,47). The molecule has 2 heterocycles. The van der Waals surface area contributed by atoms with Crippen LogP contribution in [0.1, 0.15) is 66.3 Å². The first-order valence-corrected chi connectivity index (χ1v) is 15.9. The van der Waals surface area contributed by atoms with E-state index in [0.717, 1.165) is 24.3 Å². The predicted molar refractivity (Wildman–Crippen MR) is 174 cm³/mol. The highest BCUT2D eigenvalue weighted by Gasteiger charge is 2.42. The van der Waals surface area contributed by atoms with Gasteiger partial charge in [-0.3, -0.25) is 4.79 Å². The van der Waals surface area contributed by atoms with Crippen LogP contribution < -0.4 is 15.2 Å². The molecule has 1 unspecified atom stereocenters. The number of carboxylic acid groups (broad SMARTS) is 1. The molecule has 0 saturated carbocycles. The van der Waals surface area contributed by atoms with E-state index < -0.39 is 40.9 Å². The SMILES string of the molecule is CC1(c2ccc(Cl)cc2F)Oc2cccc(-c3cc(F)c(Cc4nc5c(F)cc(C(=O)O)cc5n4CCCCCCC(N)=O)c(F)c3)c2O1. The molecule has 0 fully saturated rings. The number of nitrogens with zero attached hydrogens (tertiary/aromatic N) is 2. The fourth-order valence-electron chi connectivity index (χ4n) is 6.07. The minimum absolute atomic E-state index is 0.0761. The number of imidazole rings is 1. The van der Waals surface area contributed by atoms with Crippen molar-refractivity contribution in [2.45, 2.75) is 57.8 Å². The molecular weight excluding hydrogens is 666 g/mol. The van der Waals surface area contributed by atoms with Gasteiger partial charge in [0.1, 0.15) is 28.8 Å². The molecule has 0 spiro atoms. The second-order valence-corrected chi connectivity index (χ2v) is 12.4. The third kappa shape index (κ3) is 6.78. The number of aromatic carboxylic acids is 1. The number of hydrogen-bond donors (Lipinski definition) is 2. The third-order valence-corrected chi connectivity index (χ3v) is 8.71. The number of primary amides is 1. The Kier molecular flexibility index (Phi) is 9.26. The molecule has 0 aliphatic carbocycles. The highest BCUT2D eigenvalue weighted by atomic mass is 35.5. The number of aromatic nitrogens is 2. The highest BCUT2D eigenvalue weighted by molar-refractivity contribution is 6.30. The lowest BCUT2D eigenvalue weighted by Crippen LogP contribution is -2.32. The van der Waals surface area contributed by atoms with Gasteiger partial charge in [-0.1, -0.05) is 36.6 Å². The Morgan fingerprint density at radius 3 is 2.35 bits per heavy atom. The van der Waals surface area contributed by atoms with Crippen LogP contribution in [0.15, 0.2) is 60.7 Å². The zero-order chi connectivity index (χ0) is 35.0. The van der Waals surface area contributed by atoms with Gasteiger partial charge in [0, 0.05) is 42.5 Å². The number of aryl methyl sites for hydroxylation is 1. The van der Waals surface area contributed by atoms with Crippen LogP contribution in [0.4, 0.5) is 17.6 Å². The van der Waals surface area contributed by atoms with E-state index >= 15 is 13.2 Å². The number of hydrogen-bond acceptors (Lipinski definition) is 5. The molecule has 1 atom stereocenters. The average Bonchev–Trinajstić information content (AvgIpc) is 3.57. The van der Waals surface area contributed by atoms with Crippen molar-refractivity contribution in [3.63, 3.8) is 0 Å². The Bertz CT molecular complexity index is 2100. The van der Waals surface area contributed by atoms with Gasteiger partial charge < -0.3 is 24.9 Å². The van der Waals surface area contributed by atoms with E-state index in [1.807, 2.05) is 0 Å². The van der Waals surface area contributed by atoms with E-state index in [0.29, 0.717) is 31.2 Å². The summed E-state index contributed by atoms with van der Waals surface area (Å²) in [6.45, 7) is 1.77. The maximum Gasteiger partial charge on any atom is 0.335 e. The number of carbonyl (C=O) groups excluding carboxylic acids is 1. The Labute approximate surface area is 283 Å². The summed E-state index contributed by atoms with van der Waals surface area (Å²) in [6.07, 6.45) is 2.37. The first-order chi connectivity index (χ1) is 23.3. The number of fused-ring (bicyclic) bond motifs is 2. The normalized spacial score (nSPS) is 15.2. The van der Waals surface area contributed by atoms with Crippen molar-refractivity contribution in [1.82, 2.24) is 9.55 Å². The lowest BCUT2D eigenvalue weighted by molar-refractivity contribution is -0.118. The number of para-hydroxylation sites is 1. The number of carboxylic acids is 1. The third-order valence-electron chi connectivity index (χ3n) is 8.48. The van der Waals surface area contributed by atoms with Gasteiger partial charge in [0.2, 0.25) is 5.91 Å². The van der Waals surface area contributed by atoms with Gasteiger partial charge in [-0.05, 0) is 66.9 Å². The molecule has 8 nitrogen and oxygen atoms in total. The number of amides is 1. The molecule has 1 amide bonds. The van der Waals surface area contributed by atoms with Gasteiger partial charge >= 0.3 is 5.97 Å². The Morgan fingerprint density at radius 2 is 1.65 bits per heavy atom. The van der Waals surface area contributed by atoms with Crippen molar-refractivity contribution in [2.75, 3.05) is 0 Å². The Hall–Kier alpha value is -5.10. The van der Waals surface area contributed by atoms with Crippen LogP contribution in [0.5, 0.6) is 11.5 Å². The molecule has 49 heavy (non-hydrogen) atoms.